The number of hydrogen-bond acceptors (Lipinski definition) is 3. The Morgan fingerprint density at radius 2 is 2.10 bits per heavy atom. The Labute approximate surface area is 61.0 Å². The minimum atomic E-state index is -0.547. The summed E-state index contributed by atoms with van der Waals surface area (Å²) >= 11 is 0. The van der Waals surface area contributed by atoms with Gasteiger partial charge in [-0.15, -0.1) is 0 Å². The number of carbonyl (C=O) groups excluding carboxylic acids is 1. The topological polar surface area (TPSA) is 32.8 Å². The lowest BCUT2D eigenvalue weighted by Crippen LogP contribution is -2.32. The van der Waals surface area contributed by atoms with Crippen LogP contribution in [-0.2, 0) is 9.53 Å². The van der Waals surface area contributed by atoms with Crippen LogP contribution in [-0.4, -0.2) is 30.7 Å². The van der Waals surface area contributed by atoms with E-state index in [-0.39, 0.29) is 5.97 Å². The molecule has 0 aromatic carbocycles. The van der Waals surface area contributed by atoms with E-state index in [2.05, 4.69) is 0 Å². The minimum Gasteiger partial charge on any atom is -0.428 e. The zero-order valence-electron chi connectivity index (χ0n) is 6.68. The van der Waals surface area contributed by atoms with E-state index in [0.29, 0.717) is 0 Å². The number of hydrogen-bond donors (Lipinski definition) is 0. The Morgan fingerprint density at radius 3 is 2.20 bits per heavy atom. The highest BCUT2D eigenvalue weighted by Gasteiger charge is 2.59. The fourth-order valence-electron chi connectivity index (χ4n) is 1.12. The molecule has 1 aliphatic heterocycles. The molecule has 1 atom stereocenters. The molecule has 58 valence electrons. The van der Waals surface area contributed by atoms with Crippen LogP contribution in [0, 0.1) is 0 Å². The highest BCUT2D eigenvalue weighted by molar-refractivity contribution is 5.92. The van der Waals surface area contributed by atoms with Crippen molar-refractivity contribution in [3.05, 3.63) is 0 Å². The van der Waals surface area contributed by atoms with Gasteiger partial charge < -0.3 is 4.74 Å². The van der Waals surface area contributed by atoms with Gasteiger partial charge in [0, 0.05) is 6.42 Å². The van der Waals surface area contributed by atoms with Crippen molar-refractivity contribution in [2.75, 3.05) is 14.1 Å². The van der Waals surface area contributed by atoms with Gasteiger partial charge in [-0.2, -0.15) is 0 Å². The van der Waals surface area contributed by atoms with Crippen LogP contribution in [0.15, 0.2) is 0 Å². The van der Waals surface area contributed by atoms with Gasteiger partial charge in [-0.1, -0.05) is 13.3 Å². The molecule has 0 amide bonds. The Hall–Kier alpha value is -0.570. The minimum absolute atomic E-state index is 0.0839. The summed E-state index contributed by atoms with van der Waals surface area (Å²) in [6, 6.07) is 0. The Kier molecular flexibility index (Phi) is 1.68. The Bertz CT molecular complexity index is 156. The van der Waals surface area contributed by atoms with Gasteiger partial charge in [-0.3, -0.25) is 4.90 Å². The summed E-state index contributed by atoms with van der Waals surface area (Å²) in [6.45, 7) is 2.04. The van der Waals surface area contributed by atoms with Crippen LogP contribution in [0.25, 0.3) is 0 Å². The van der Waals surface area contributed by atoms with E-state index in [0.717, 1.165) is 12.8 Å². The number of nitrogens with zero attached hydrogens (tertiary/aromatic N) is 1. The quantitative estimate of drug-likeness (QED) is 0.542. The van der Waals surface area contributed by atoms with Crippen molar-refractivity contribution in [1.82, 2.24) is 4.90 Å². The zero-order chi connectivity index (χ0) is 7.78. The van der Waals surface area contributed by atoms with E-state index in [4.69, 9.17) is 4.74 Å². The van der Waals surface area contributed by atoms with E-state index in [1.54, 1.807) is 0 Å². The van der Waals surface area contributed by atoms with Gasteiger partial charge in [0.15, 0.2) is 0 Å². The normalized spacial score (nSPS) is 30.6. The lowest BCUT2D eigenvalue weighted by atomic mass is 10.2. The average Bonchev–Trinajstić information content (AvgIpc) is 2.44. The van der Waals surface area contributed by atoms with Crippen LogP contribution in [0.5, 0.6) is 0 Å². The summed E-state index contributed by atoms with van der Waals surface area (Å²) < 4.78 is 4.89. The second kappa shape index (κ2) is 2.23. The fraction of sp³-hybridized carbons (Fsp3) is 0.857. The lowest BCUT2D eigenvalue weighted by molar-refractivity contribution is -0.117. The molecule has 0 radical (unpaired) electrons. The number of ether oxygens (including phenoxy) is 1. The molecule has 3 heteroatoms. The number of carbonyl (C=O) groups is 1. The number of likely N-dealkylation sites (N-methyl/N-ethyl adjacent to an activating group) is 1. The van der Waals surface area contributed by atoms with E-state index < -0.39 is 5.72 Å². The van der Waals surface area contributed by atoms with E-state index in [1.165, 1.54) is 0 Å². The molecule has 1 heterocycles. The van der Waals surface area contributed by atoms with Crippen molar-refractivity contribution in [3.8, 4) is 0 Å². The van der Waals surface area contributed by atoms with Crippen LogP contribution < -0.4 is 0 Å². The predicted octanol–water partition coefficient (Wildman–Crippen LogP) is 0.601. The highest BCUT2D eigenvalue weighted by atomic mass is 16.7. The van der Waals surface area contributed by atoms with Gasteiger partial charge in [0.05, 0.1) is 0 Å². The molecule has 0 aliphatic carbocycles. The van der Waals surface area contributed by atoms with Crippen LogP contribution in [0.1, 0.15) is 19.8 Å². The number of epoxide rings is 1. The standard InChI is InChI=1S/C7H13NO2/c1-4-5-7(8(2)3)6(9)10-7/h4-5H2,1-3H3. The second-order valence-electron chi connectivity index (χ2n) is 2.82. The van der Waals surface area contributed by atoms with Gasteiger partial charge in [-0.25, -0.2) is 4.79 Å². The third kappa shape index (κ3) is 0.904. The van der Waals surface area contributed by atoms with E-state index in [9.17, 15) is 4.79 Å². The molecule has 1 aliphatic rings. The average molecular weight is 143 g/mol. The van der Waals surface area contributed by atoms with Gasteiger partial charge in [0.2, 0.25) is 0 Å². The SMILES string of the molecule is CCCC1(N(C)C)OC1=O. The molecule has 10 heavy (non-hydrogen) atoms. The maximum atomic E-state index is 10.8. The summed E-state index contributed by atoms with van der Waals surface area (Å²) in [5, 5.41) is 0. The van der Waals surface area contributed by atoms with Crippen LogP contribution in [0.2, 0.25) is 0 Å². The Morgan fingerprint density at radius 1 is 1.60 bits per heavy atom. The monoisotopic (exact) mass is 143 g/mol. The molecule has 1 fully saturated rings. The molecule has 0 bridgehead atoms. The van der Waals surface area contributed by atoms with Crippen molar-refractivity contribution in [2.24, 2.45) is 0 Å². The molecule has 3 nitrogen and oxygen atoms in total. The largest absolute Gasteiger partial charge is 0.428 e. The van der Waals surface area contributed by atoms with Gasteiger partial charge in [0.1, 0.15) is 0 Å². The first-order chi connectivity index (χ1) is 4.63. The highest BCUT2D eigenvalue weighted by Crippen LogP contribution is 2.35. The molecule has 1 rings (SSSR count). The lowest BCUT2D eigenvalue weighted by Gasteiger charge is -2.14. The Balaban J connectivity index is 2.55. The second-order valence-corrected chi connectivity index (χ2v) is 2.82. The number of rotatable bonds is 3. The molecule has 0 aromatic heterocycles. The van der Waals surface area contributed by atoms with Crippen LogP contribution in [0.3, 0.4) is 0 Å². The summed E-state index contributed by atoms with van der Waals surface area (Å²) in [5.41, 5.74) is -0.547. The first-order valence-electron chi connectivity index (χ1n) is 3.54. The van der Waals surface area contributed by atoms with Crippen molar-refractivity contribution >= 4 is 5.97 Å². The molecule has 1 saturated heterocycles. The smallest absolute Gasteiger partial charge is 0.368 e. The predicted molar refractivity (Wildman–Crippen MR) is 37.4 cm³/mol. The third-order valence-corrected chi connectivity index (χ3v) is 1.85. The molecule has 0 N–H and O–H groups in total. The summed E-state index contributed by atoms with van der Waals surface area (Å²) in [6.07, 6.45) is 1.78. The summed E-state index contributed by atoms with van der Waals surface area (Å²) in [4.78, 5) is 12.6. The molecule has 0 spiro atoms. The van der Waals surface area contributed by atoms with Crippen LogP contribution in [0.4, 0.5) is 0 Å². The summed E-state index contributed by atoms with van der Waals surface area (Å²) in [7, 11) is 3.72. The van der Waals surface area contributed by atoms with Crippen molar-refractivity contribution in [1.29, 1.82) is 0 Å². The van der Waals surface area contributed by atoms with Crippen molar-refractivity contribution in [3.63, 3.8) is 0 Å². The summed E-state index contributed by atoms with van der Waals surface area (Å²) in [5.74, 6) is -0.0839. The van der Waals surface area contributed by atoms with Crippen molar-refractivity contribution < 1.29 is 9.53 Å². The maximum absolute atomic E-state index is 10.8. The number of cyclic esters (lactones) is 1. The molecular weight excluding hydrogens is 130 g/mol. The van der Waals surface area contributed by atoms with E-state index >= 15 is 0 Å². The van der Waals surface area contributed by atoms with Gasteiger partial charge in [-0.05, 0) is 14.1 Å². The van der Waals surface area contributed by atoms with Gasteiger partial charge >= 0.3 is 5.97 Å². The van der Waals surface area contributed by atoms with Gasteiger partial charge in [0.25, 0.3) is 5.72 Å². The molecule has 1 unspecified atom stereocenters. The van der Waals surface area contributed by atoms with Crippen LogP contribution >= 0.6 is 0 Å². The first-order valence-corrected chi connectivity index (χ1v) is 3.54. The fourth-order valence-corrected chi connectivity index (χ4v) is 1.12. The molecule has 0 aromatic rings. The molecule has 0 saturated carbocycles. The zero-order valence-corrected chi connectivity index (χ0v) is 6.68. The van der Waals surface area contributed by atoms with Crippen molar-refractivity contribution in [2.45, 2.75) is 25.5 Å². The first kappa shape index (κ1) is 7.54. The third-order valence-electron chi connectivity index (χ3n) is 1.85. The molecular formula is C7H13NO2. The van der Waals surface area contributed by atoms with E-state index in [1.807, 2.05) is 25.9 Å². The maximum Gasteiger partial charge on any atom is 0.368 e.